The van der Waals surface area contributed by atoms with E-state index in [0.29, 0.717) is 16.5 Å². The summed E-state index contributed by atoms with van der Waals surface area (Å²) in [6.07, 6.45) is 2.69. The van der Waals surface area contributed by atoms with Crippen molar-refractivity contribution in [3.63, 3.8) is 0 Å². The largest absolute Gasteiger partial charge is 0.355 e. The molecule has 0 bridgehead atoms. The van der Waals surface area contributed by atoms with E-state index in [9.17, 15) is 9.59 Å². The van der Waals surface area contributed by atoms with Crippen LogP contribution in [0.1, 0.15) is 12.0 Å². The van der Waals surface area contributed by atoms with Gasteiger partial charge < -0.3 is 15.1 Å². The molecule has 1 fully saturated rings. The van der Waals surface area contributed by atoms with Crippen molar-refractivity contribution in [1.29, 1.82) is 0 Å². The first kappa shape index (κ1) is 23.8. The molecule has 33 heavy (non-hydrogen) atoms. The van der Waals surface area contributed by atoms with Gasteiger partial charge in [0.2, 0.25) is 5.91 Å². The van der Waals surface area contributed by atoms with Crippen molar-refractivity contribution < 1.29 is 9.59 Å². The van der Waals surface area contributed by atoms with Gasteiger partial charge in [-0.1, -0.05) is 53.7 Å². The molecule has 174 valence electrons. The molecule has 0 aliphatic carbocycles. The molecule has 0 unspecified atom stereocenters. The van der Waals surface area contributed by atoms with Crippen LogP contribution in [0.25, 0.3) is 6.08 Å². The fourth-order valence-electron chi connectivity index (χ4n) is 3.95. The van der Waals surface area contributed by atoms with Crippen LogP contribution in [0.2, 0.25) is 5.02 Å². The molecule has 2 aliphatic heterocycles. The summed E-state index contributed by atoms with van der Waals surface area (Å²) >= 11 is 7.71. The first-order valence-electron chi connectivity index (χ1n) is 11.2. The lowest BCUT2D eigenvalue weighted by molar-refractivity contribution is -0.122. The molecule has 8 heteroatoms. The van der Waals surface area contributed by atoms with Gasteiger partial charge in [0, 0.05) is 42.6 Å². The molecule has 2 heterocycles. The van der Waals surface area contributed by atoms with Gasteiger partial charge in [0.25, 0.3) is 5.91 Å². The molecule has 0 spiro atoms. The minimum atomic E-state index is -0.189. The third-order valence-corrected chi connectivity index (χ3v) is 7.32. The Balaban J connectivity index is 1.39. The summed E-state index contributed by atoms with van der Waals surface area (Å²) in [7, 11) is 2.14. The van der Waals surface area contributed by atoms with Crippen molar-refractivity contribution in [2.24, 2.45) is 0 Å². The molecule has 0 saturated carbocycles. The summed E-state index contributed by atoms with van der Waals surface area (Å²) in [5.74, 6) is -0.341. The summed E-state index contributed by atoms with van der Waals surface area (Å²) in [6.45, 7) is 5.89. The Morgan fingerprint density at radius 2 is 1.82 bits per heavy atom. The number of carbonyl (C=O) groups is 2. The summed E-state index contributed by atoms with van der Waals surface area (Å²) in [5.41, 5.74) is 1.54. The van der Waals surface area contributed by atoms with Gasteiger partial charge in [0.05, 0.1) is 10.6 Å². The lowest BCUT2D eigenvalue weighted by atomic mass is 10.2. The third-order valence-electron chi connectivity index (χ3n) is 5.89. The summed E-state index contributed by atoms with van der Waals surface area (Å²) in [6, 6.07) is 15.1. The topological polar surface area (TPSA) is 55.9 Å². The first-order valence-corrected chi connectivity index (χ1v) is 12.4. The van der Waals surface area contributed by atoms with Gasteiger partial charge in [-0.15, -0.1) is 0 Å². The highest BCUT2D eigenvalue weighted by atomic mass is 35.5. The molecule has 0 aromatic heterocycles. The zero-order chi connectivity index (χ0) is 23.2. The van der Waals surface area contributed by atoms with Crippen molar-refractivity contribution in [1.82, 2.24) is 15.1 Å². The van der Waals surface area contributed by atoms with Gasteiger partial charge in [-0.2, -0.15) is 0 Å². The Morgan fingerprint density at radius 3 is 2.61 bits per heavy atom. The standard InChI is InChI=1S/C25H29ClN4O2S/c1-28-13-15-29(16-14-28)12-6-11-27-24(31)18-30-21-9-4-5-10-22(21)33-23(25(30)32)17-19-7-2-3-8-20(19)26/h2-5,7-10,17H,6,11-16,18H2,1H3,(H,27,31). The molecule has 2 aliphatic rings. The molecule has 0 atom stereocenters. The lowest BCUT2D eigenvalue weighted by Crippen LogP contribution is -2.45. The van der Waals surface area contributed by atoms with Crippen molar-refractivity contribution in [3.05, 3.63) is 64.0 Å². The van der Waals surface area contributed by atoms with Crippen LogP contribution in [-0.2, 0) is 9.59 Å². The predicted octanol–water partition coefficient (Wildman–Crippen LogP) is 3.57. The highest BCUT2D eigenvalue weighted by molar-refractivity contribution is 8.04. The molecule has 1 saturated heterocycles. The normalized spacial score (nSPS) is 18.4. The Morgan fingerprint density at radius 1 is 1.09 bits per heavy atom. The summed E-state index contributed by atoms with van der Waals surface area (Å²) in [4.78, 5) is 33.8. The van der Waals surface area contributed by atoms with Crippen molar-refractivity contribution in [3.8, 4) is 0 Å². The van der Waals surface area contributed by atoms with Crippen molar-refractivity contribution >= 4 is 46.9 Å². The highest BCUT2D eigenvalue weighted by Gasteiger charge is 2.30. The SMILES string of the molecule is CN1CCN(CCCNC(=O)CN2C(=O)C(=Cc3ccccc3Cl)Sc3ccccc32)CC1. The quantitative estimate of drug-likeness (QED) is 0.481. The number of hydrogen-bond acceptors (Lipinski definition) is 5. The molecule has 2 aromatic rings. The van der Waals surface area contributed by atoms with Crippen LogP contribution in [0.4, 0.5) is 5.69 Å². The van der Waals surface area contributed by atoms with E-state index in [1.165, 1.54) is 11.8 Å². The van der Waals surface area contributed by atoms with E-state index in [1.807, 2.05) is 42.5 Å². The van der Waals surface area contributed by atoms with Crippen LogP contribution in [0.5, 0.6) is 0 Å². The number of rotatable bonds is 7. The van der Waals surface area contributed by atoms with E-state index < -0.39 is 0 Å². The van der Waals surface area contributed by atoms with Gasteiger partial charge >= 0.3 is 0 Å². The zero-order valence-electron chi connectivity index (χ0n) is 18.8. The summed E-state index contributed by atoms with van der Waals surface area (Å²) < 4.78 is 0. The van der Waals surface area contributed by atoms with E-state index in [-0.39, 0.29) is 18.4 Å². The number of piperazine rings is 1. The van der Waals surface area contributed by atoms with Gasteiger partial charge in [-0.05, 0) is 49.9 Å². The average molecular weight is 485 g/mol. The van der Waals surface area contributed by atoms with Gasteiger partial charge in [-0.3, -0.25) is 14.5 Å². The average Bonchev–Trinajstić information content (AvgIpc) is 2.82. The number of anilines is 1. The Hall–Kier alpha value is -2.32. The number of para-hydroxylation sites is 1. The second kappa shape index (κ2) is 11.2. The first-order chi connectivity index (χ1) is 16.0. The zero-order valence-corrected chi connectivity index (χ0v) is 20.4. The maximum absolute atomic E-state index is 13.3. The molecule has 0 radical (unpaired) electrons. The summed E-state index contributed by atoms with van der Waals surface area (Å²) in [5, 5.41) is 3.57. The molecular formula is C25H29ClN4O2S. The number of amides is 2. The molecule has 4 rings (SSSR count). The maximum atomic E-state index is 13.3. The smallest absolute Gasteiger partial charge is 0.265 e. The number of halogens is 1. The van der Waals surface area contributed by atoms with Crippen LogP contribution < -0.4 is 10.2 Å². The predicted molar refractivity (Wildman–Crippen MR) is 136 cm³/mol. The minimum absolute atomic E-state index is 0.00915. The minimum Gasteiger partial charge on any atom is -0.355 e. The number of nitrogens with one attached hydrogen (secondary N) is 1. The van der Waals surface area contributed by atoms with Crippen LogP contribution in [0.3, 0.4) is 0 Å². The number of benzene rings is 2. The number of likely N-dealkylation sites (N-methyl/N-ethyl adjacent to an activating group) is 1. The Kier molecular flexibility index (Phi) is 8.09. The van der Waals surface area contributed by atoms with Crippen LogP contribution >= 0.6 is 23.4 Å². The second-order valence-corrected chi connectivity index (χ2v) is 9.83. The maximum Gasteiger partial charge on any atom is 0.265 e. The van der Waals surface area contributed by atoms with Gasteiger partial charge in [0.1, 0.15) is 6.54 Å². The number of fused-ring (bicyclic) bond motifs is 1. The Labute approximate surface area is 204 Å². The highest BCUT2D eigenvalue weighted by Crippen LogP contribution is 2.42. The van der Waals surface area contributed by atoms with E-state index in [0.717, 1.165) is 55.3 Å². The van der Waals surface area contributed by atoms with Crippen LogP contribution in [0, 0.1) is 0 Å². The monoisotopic (exact) mass is 484 g/mol. The van der Waals surface area contributed by atoms with Crippen molar-refractivity contribution in [2.75, 3.05) is 57.8 Å². The molecule has 2 aromatic carbocycles. The lowest BCUT2D eigenvalue weighted by Gasteiger charge is -2.32. The fourth-order valence-corrected chi connectivity index (χ4v) is 5.19. The fraction of sp³-hybridized carbons (Fsp3) is 0.360. The number of thioether (sulfide) groups is 1. The number of carbonyl (C=O) groups excluding carboxylic acids is 2. The third kappa shape index (κ3) is 6.18. The number of hydrogen-bond donors (Lipinski definition) is 1. The molecule has 6 nitrogen and oxygen atoms in total. The van der Waals surface area contributed by atoms with E-state index in [2.05, 4.69) is 22.2 Å². The van der Waals surface area contributed by atoms with E-state index in [1.54, 1.807) is 17.0 Å². The molecular weight excluding hydrogens is 456 g/mol. The van der Waals surface area contributed by atoms with Crippen molar-refractivity contribution in [2.45, 2.75) is 11.3 Å². The second-order valence-electron chi connectivity index (χ2n) is 8.34. The van der Waals surface area contributed by atoms with Gasteiger partial charge in [0.15, 0.2) is 0 Å². The van der Waals surface area contributed by atoms with E-state index >= 15 is 0 Å². The van der Waals surface area contributed by atoms with Crippen LogP contribution in [0.15, 0.2) is 58.3 Å². The van der Waals surface area contributed by atoms with E-state index in [4.69, 9.17) is 11.6 Å². The number of nitrogens with zero attached hydrogens (tertiary/aromatic N) is 3. The Bertz CT molecular complexity index is 1040. The van der Waals surface area contributed by atoms with Gasteiger partial charge in [-0.25, -0.2) is 0 Å². The molecule has 2 amide bonds. The molecule has 1 N–H and O–H groups in total. The van der Waals surface area contributed by atoms with Crippen LogP contribution in [-0.4, -0.2) is 74.5 Å².